The van der Waals surface area contributed by atoms with Crippen molar-refractivity contribution in [3.05, 3.63) is 18.2 Å². The van der Waals surface area contributed by atoms with E-state index in [-0.39, 0.29) is 6.54 Å². The van der Waals surface area contributed by atoms with Crippen molar-refractivity contribution in [2.75, 3.05) is 13.1 Å². The van der Waals surface area contributed by atoms with Crippen molar-refractivity contribution in [3.63, 3.8) is 0 Å². The van der Waals surface area contributed by atoms with E-state index in [9.17, 15) is 18.0 Å². The Kier molecular flexibility index (Phi) is 5.14. The van der Waals surface area contributed by atoms with Gasteiger partial charge < -0.3 is 15.2 Å². The smallest absolute Gasteiger partial charge is 0.345 e. The molecular formula is C10H15F3N4O. The van der Waals surface area contributed by atoms with Crippen LogP contribution in [0.25, 0.3) is 0 Å². The molecule has 1 aromatic rings. The first kappa shape index (κ1) is 14.5. The lowest BCUT2D eigenvalue weighted by Gasteiger charge is -2.10. The van der Waals surface area contributed by atoms with Crippen LogP contribution in [0.5, 0.6) is 0 Å². The zero-order valence-corrected chi connectivity index (χ0v) is 9.92. The van der Waals surface area contributed by atoms with Crippen molar-refractivity contribution in [2.45, 2.75) is 26.2 Å². The highest BCUT2D eigenvalue weighted by atomic mass is 19.4. The van der Waals surface area contributed by atoms with Gasteiger partial charge in [0.15, 0.2) is 0 Å². The van der Waals surface area contributed by atoms with E-state index in [4.69, 9.17) is 0 Å². The van der Waals surface area contributed by atoms with E-state index >= 15 is 0 Å². The Morgan fingerprint density at radius 2 is 2.22 bits per heavy atom. The highest BCUT2D eigenvalue weighted by molar-refractivity contribution is 5.75. The number of halogens is 3. The lowest BCUT2D eigenvalue weighted by molar-refractivity contribution is -0.138. The maximum atomic E-state index is 11.9. The molecule has 0 aliphatic rings. The normalized spacial score (nSPS) is 11.6. The van der Waals surface area contributed by atoms with E-state index < -0.39 is 18.6 Å². The second-order valence-corrected chi connectivity index (χ2v) is 3.64. The van der Waals surface area contributed by atoms with Gasteiger partial charge in [0.05, 0.1) is 6.54 Å². The van der Waals surface area contributed by atoms with Gasteiger partial charge >= 0.3 is 6.18 Å². The van der Waals surface area contributed by atoms with Gasteiger partial charge in [0.1, 0.15) is 18.9 Å². The molecule has 1 rings (SSSR count). The Morgan fingerprint density at radius 3 is 2.83 bits per heavy atom. The van der Waals surface area contributed by atoms with E-state index in [0.717, 1.165) is 6.54 Å². The van der Waals surface area contributed by atoms with Crippen LogP contribution < -0.4 is 10.6 Å². The van der Waals surface area contributed by atoms with Crippen molar-refractivity contribution in [1.29, 1.82) is 0 Å². The zero-order valence-electron chi connectivity index (χ0n) is 9.92. The largest absolute Gasteiger partial charge is 0.405 e. The fourth-order valence-corrected chi connectivity index (χ4v) is 1.30. The Hall–Kier alpha value is -1.57. The second-order valence-electron chi connectivity index (χ2n) is 3.64. The van der Waals surface area contributed by atoms with Crippen LogP contribution >= 0.6 is 0 Å². The number of hydrogen-bond donors (Lipinski definition) is 2. The molecule has 0 saturated heterocycles. The molecule has 1 amide bonds. The molecule has 0 radical (unpaired) electrons. The van der Waals surface area contributed by atoms with Gasteiger partial charge in [-0.1, -0.05) is 6.92 Å². The maximum absolute atomic E-state index is 11.9. The van der Waals surface area contributed by atoms with Crippen LogP contribution in [0.3, 0.4) is 0 Å². The summed E-state index contributed by atoms with van der Waals surface area (Å²) in [6.07, 6.45) is -1.33. The molecule has 18 heavy (non-hydrogen) atoms. The Labute approximate surface area is 102 Å². The van der Waals surface area contributed by atoms with Gasteiger partial charge in [-0.25, -0.2) is 4.98 Å². The van der Waals surface area contributed by atoms with Gasteiger partial charge in [0, 0.05) is 12.4 Å². The van der Waals surface area contributed by atoms with Crippen molar-refractivity contribution >= 4 is 5.91 Å². The third kappa shape index (κ3) is 5.17. The average molecular weight is 264 g/mol. The molecule has 8 heteroatoms. The minimum Gasteiger partial charge on any atom is -0.345 e. The molecule has 0 saturated carbocycles. The third-order valence-electron chi connectivity index (χ3n) is 2.13. The van der Waals surface area contributed by atoms with Crippen molar-refractivity contribution in [2.24, 2.45) is 0 Å². The monoisotopic (exact) mass is 264 g/mol. The summed E-state index contributed by atoms with van der Waals surface area (Å²) in [7, 11) is 0. The van der Waals surface area contributed by atoms with Crippen LogP contribution in [-0.4, -0.2) is 34.7 Å². The van der Waals surface area contributed by atoms with Gasteiger partial charge in [-0.3, -0.25) is 4.79 Å². The summed E-state index contributed by atoms with van der Waals surface area (Å²) in [5.41, 5.74) is 0. The molecule has 0 atom stereocenters. The number of aromatic nitrogens is 2. The van der Waals surface area contributed by atoms with E-state index in [2.05, 4.69) is 10.3 Å². The van der Waals surface area contributed by atoms with Crippen LogP contribution in [-0.2, 0) is 17.9 Å². The van der Waals surface area contributed by atoms with E-state index in [1.807, 2.05) is 12.2 Å². The Morgan fingerprint density at radius 1 is 1.50 bits per heavy atom. The standard InChI is InChI=1S/C10H15F3N4O/c1-2-14-5-8-15-3-4-17(8)6-9(18)16-7-10(11,12)13/h3-4,14H,2,5-7H2,1H3,(H,16,18). The first-order chi connectivity index (χ1) is 8.42. The van der Waals surface area contributed by atoms with Crippen molar-refractivity contribution < 1.29 is 18.0 Å². The molecule has 2 N–H and O–H groups in total. The summed E-state index contributed by atoms with van der Waals surface area (Å²) in [5.74, 6) is -0.0814. The van der Waals surface area contributed by atoms with Crippen LogP contribution in [0, 0.1) is 0 Å². The summed E-state index contributed by atoms with van der Waals surface area (Å²) >= 11 is 0. The summed E-state index contributed by atoms with van der Waals surface area (Å²) in [6, 6.07) is 0. The lowest BCUT2D eigenvalue weighted by atomic mass is 10.5. The molecule has 102 valence electrons. The minimum atomic E-state index is -4.39. The fourth-order valence-electron chi connectivity index (χ4n) is 1.30. The number of carbonyl (C=O) groups excluding carboxylic acids is 1. The van der Waals surface area contributed by atoms with E-state index in [1.54, 1.807) is 6.20 Å². The molecule has 0 unspecified atom stereocenters. The maximum Gasteiger partial charge on any atom is 0.405 e. The number of nitrogens with one attached hydrogen (secondary N) is 2. The summed E-state index contributed by atoms with van der Waals surface area (Å²) < 4.78 is 37.2. The van der Waals surface area contributed by atoms with Gasteiger partial charge in [-0.05, 0) is 6.54 Å². The molecule has 0 aliphatic heterocycles. The molecule has 1 aromatic heterocycles. The summed E-state index contributed by atoms with van der Waals surface area (Å²) in [6.45, 7) is 1.65. The fraction of sp³-hybridized carbons (Fsp3) is 0.600. The number of rotatable bonds is 6. The van der Waals surface area contributed by atoms with Crippen LogP contribution in [0.2, 0.25) is 0 Å². The third-order valence-corrected chi connectivity index (χ3v) is 2.13. The molecule has 0 aromatic carbocycles. The van der Waals surface area contributed by atoms with E-state index in [1.165, 1.54) is 10.8 Å². The minimum absolute atomic E-state index is 0.170. The Bertz CT molecular complexity index is 389. The number of hydrogen-bond acceptors (Lipinski definition) is 3. The summed E-state index contributed by atoms with van der Waals surface area (Å²) in [5, 5.41) is 4.84. The summed E-state index contributed by atoms with van der Waals surface area (Å²) in [4.78, 5) is 15.3. The van der Waals surface area contributed by atoms with Gasteiger partial charge in [0.2, 0.25) is 5.91 Å². The number of nitrogens with zero attached hydrogens (tertiary/aromatic N) is 2. The molecule has 0 fully saturated rings. The van der Waals surface area contributed by atoms with Gasteiger partial charge in [-0.2, -0.15) is 13.2 Å². The molecule has 0 spiro atoms. The number of alkyl halides is 3. The molecule has 5 nitrogen and oxygen atoms in total. The second kappa shape index (κ2) is 6.39. The molecule has 0 bridgehead atoms. The Balaban J connectivity index is 2.46. The first-order valence-electron chi connectivity index (χ1n) is 5.46. The van der Waals surface area contributed by atoms with Crippen LogP contribution in [0.15, 0.2) is 12.4 Å². The lowest BCUT2D eigenvalue weighted by Crippen LogP contribution is -2.36. The number of imidazole rings is 1. The highest BCUT2D eigenvalue weighted by Gasteiger charge is 2.27. The van der Waals surface area contributed by atoms with Crippen molar-refractivity contribution in [3.8, 4) is 0 Å². The predicted molar refractivity (Wildman–Crippen MR) is 58.7 cm³/mol. The predicted octanol–water partition coefficient (Wildman–Crippen LogP) is 0.671. The van der Waals surface area contributed by atoms with E-state index in [0.29, 0.717) is 12.4 Å². The van der Waals surface area contributed by atoms with Gasteiger partial charge in [-0.15, -0.1) is 0 Å². The molecule has 0 aliphatic carbocycles. The molecular weight excluding hydrogens is 249 g/mol. The van der Waals surface area contributed by atoms with Crippen molar-refractivity contribution in [1.82, 2.24) is 20.2 Å². The number of carbonyl (C=O) groups is 1. The molecule has 1 heterocycles. The quantitative estimate of drug-likeness (QED) is 0.794. The number of amides is 1. The van der Waals surface area contributed by atoms with Gasteiger partial charge in [0.25, 0.3) is 0 Å². The topological polar surface area (TPSA) is 59.0 Å². The average Bonchev–Trinajstić information content (AvgIpc) is 2.70. The van der Waals surface area contributed by atoms with Crippen LogP contribution in [0.1, 0.15) is 12.7 Å². The van der Waals surface area contributed by atoms with Crippen LogP contribution in [0.4, 0.5) is 13.2 Å². The zero-order chi connectivity index (χ0) is 13.6. The first-order valence-corrected chi connectivity index (χ1v) is 5.46. The highest BCUT2D eigenvalue weighted by Crippen LogP contribution is 2.12. The SMILES string of the molecule is CCNCc1nccn1CC(=O)NCC(F)(F)F.